The van der Waals surface area contributed by atoms with Gasteiger partial charge in [0.1, 0.15) is 0 Å². The molecule has 1 aliphatic heterocycles. The van der Waals surface area contributed by atoms with E-state index < -0.39 is 0 Å². The first-order valence-electron chi connectivity index (χ1n) is 8.14. The molecule has 3 nitrogen and oxygen atoms in total. The van der Waals surface area contributed by atoms with Crippen molar-refractivity contribution >= 4 is 5.91 Å². The Kier molecular flexibility index (Phi) is 3.36. The molecule has 1 heterocycles. The van der Waals surface area contributed by atoms with Crippen LogP contribution in [0.2, 0.25) is 0 Å². The lowest BCUT2D eigenvalue weighted by atomic mass is 9.79. The lowest BCUT2D eigenvalue weighted by Gasteiger charge is -2.40. The van der Waals surface area contributed by atoms with Crippen molar-refractivity contribution in [3.8, 4) is 0 Å². The van der Waals surface area contributed by atoms with Gasteiger partial charge in [-0.05, 0) is 50.9 Å². The van der Waals surface area contributed by atoms with Gasteiger partial charge in [-0.3, -0.25) is 10.1 Å². The molecule has 0 bridgehead atoms. The second-order valence-corrected chi connectivity index (χ2v) is 7.28. The molecule has 2 aliphatic carbocycles. The molecular weight excluding hydrogens is 236 g/mol. The first kappa shape index (κ1) is 13.4. The number of hydrogen-bond acceptors (Lipinski definition) is 2. The predicted octanol–water partition coefficient (Wildman–Crippen LogP) is 2.90. The molecule has 1 saturated heterocycles. The van der Waals surface area contributed by atoms with Crippen molar-refractivity contribution in [2.45, 2.75) is 83.5 Å². The van der Waals surface area contributed by atoms with Gasteiger partial charge in [-0.15, -0.1) is 0 Å². The largest absolute Gasteiger partial charge is 0.323 e. The summed E-state index contributed by atoms with van der Waals surface area (Å²) in [6.07, 6.45) is 8.47. The average molecular weight is 264 g/mol. The van der Waals surface area contributed by atoms with Crippen LogP contribution in [-0.2, 0) is 4.79 Å². The second-order valence-electron chi connectivity index (χ2n) is 7.28. The fourth-order valence-electron chi connectivity index (χ4n) is 4.79. The van der Waals surface area contributed by atoms with E-state index in [2.05, 4.69) is 31.0 Å². The zero-order valence-corrected chi connectivity index (χ0v) is 12.6. The summed E-state index contributed by atoms with van der Waals surface area (Å²) in [6, 6.07) is 0.464. The van der Waals surface area contributed by atoms with Crippen molar-refractivity contribution in [3.63, 3.8) is 0 Å². The van der Waals surface area contributed by atoms with E-state index in [0.29, 0.717) is 17.9 Å². The summed E-state index contributed by atoms with van der Waals surface area (Å²) in [5, 5.41) is 3.63. The highest BCUT2D eigenvalue weighted by molar-refractivity contribution is 5.89. The minimum Gasteiger partial charge on any atom is -0.323 e. The van der Waals surface area contributed by atoms with Gasteiger partial charge in [0.2, 0.25) is 5.91 Å². The Balaban J connectivity index is 1.79. The smallest absolute Gasteiger partial charge is 0.244 e. The number of rotatable bonds is 1. The number of nitrogens with zero attached hydrogens (tertiary/aromatic N) is 1. The third-order valence-corrected chi connectivity index (χ3v) is 5.75. The van der Waals surface area contributed by atoms with Gasteiger partial charge in [-0.1, -0.05) is 26.7 Å². The number of carbonyl (C=O) groups is 1. The Hall–Kier alpha value is -0.570. The maximum absolute atomic E-state index is 12.9. The highest BCUT2D eigenvalue weighted by Crippen LogP contribution is 2.41. The predicted molar refractivity (Wildman–Crippen MR) is 76.6 cm³/mol. The third-order valence-electron chi connectivity index (χ3n) is 5.75. The van der Waals surface area contributed by atoms with Crippen LogP contribution >= 0.6 is 0 Å². The van der Waals surface area contributed by atoms with Crippen LogP contribution in [0.4, 0.5) is 0 Å². The molecule has 3 heteroatoms. The van der Waals surface area contributed by atoms with E-state index in [9.17, 15) is 4.79 Å². The highest BCUT2D eigenvalue weighted by Gasteiger charge is 2.53. The molecular formula is C16H28N2O. The Bertz CT molecular complexity index is 362. The maximum Gasteiger partial charge on any atom is 0.244 e. The lowest BCUT2D eigenvalue weighted by Crippen LogP contribution is -2.49. The van der Waals surface area contributed by atoms with Crippen LogP contribution in [-0.4, -0.2) is 28.6 Å². The molecule has 2 saturated carbocycles. The Labute approximate surface area is 117 Å². The molecule has 0 aromatic carbocycles. The van der Waals surface area contributed by atoms with Crippen LogP contribution in [0.1, 0.15) is 65.7 Å². The summed E-state index contributed by atoms with van der Waals surface area (Å²) >= 11 is 0. The van der Waals surface area contributed by atoms with Gasteiger partial charge in [0.25, 0.3) is 0 Å². The van der Waals surface area contributed by atoms with E-state index in [1.807, 2.05) is 0 Å². The quantitative estimate of drug-likeness (QED) is 0.790. The molecule has 3 rings (SSSR count). The standard InChI is InChI=1S/C16H28N2O/c1-11-6-7-14(12(2)10-11)18-13(3)17-16(15(18)19)8-4-5-9-16/h11-14,17H,4-10H2,1-3H3. The second kappa shape index (κ2) is 4.76. The van der Waals surface area contributed by atoms with E-state index in [4.69, 9.17) is 0 Å². The fraction of sp³-hybridized carbons (Fsp3) is 0.938. The van der Waals surface area contributed by atoms with Crippen LogP contribution in [0.5, 0.6) is 0 Å². The van der Waals surface area contributed by atoms with Gasteiger partial charge in [0.05, 0.1) is 11.7 Å². The lowest BCUT2D eigenvalue weighted by molar-refractivity contribution is -0.137. The Morgan fingerprint density at radius 1 is 1.16 bits per heavy atom. The molecule has 3 fully saturated rings. The summed E-state index contributed by atoms with van der Waals surface area (Å²) < 4.78 is 0. The first-order chi connectivity index (χ1) is 9.03. The molecule has 0 aromatic heterocycles. The van der Waals surface area contributed by atoms with Gasteiger partial charge in [-0.25, -0.2) is 0 Å². The molecule has 4 atom stereocenters. The number of carbonyl (C=O) groups excluding carboxylic acids is 1. The minimum absolute atomic E-state index is 0.192. The zero-order chi connectivity index (χ0) is 13.6. The van der Waals surface area contributed by atoms with E-state index in [1.54, 1.807) is 0 Å². The first-order valence-corrected chi connectivity index (χ1v) is 8.14. The number of nitrogens with one attached hydrogen (secondary N) is 1. The van der Waals surface area contributed by atoms with Crippen molar-refractivity contribution in [3.05, 3.63) is 0 Å². The van der Waals surface area contributed by atoms with Crippen LogP contribution in [0.3, 0.4) is 0 Å². The van der Waals surface area contributed by atoms with Crippen molar-refractivity contribution in [1.82, 2.24) is 10.2 Å². The van der Waals surface area contributed by atoms with Gasteiger partial charge < -0.3 is 4.90 Å². The molecule has 3 aliphatic rings. The van der Waals surface area contributed by atoms with E-state index >= 15 is 0 Å². The van der Waals surface area contributed by atoms with Crippen molar-refractivity contribution < 1.29 is 4.79 Å². The SMILES string of the molecule is CC1CCC(N2C(=O)C3(CCCC3)NC2C)C(C)C1. The molecule has 0 aromatic rings. The molecule has 108 valence electrons. The number of amides is 1. The minimum atomic E-state index is -0.192. The highest BCUT2D eigenvalue weighted by atomic mass is 16.2. The van der Waals surface area contributed by atoms with Crippen LogP contribution in [0.25, 0.3) is 0 Å². The van der Waals surface area contributed by atoms with Gasteiger partial charge in [0, 0.05) is 6.04 Å². The van der Waals surface area contributed by atoms with Crippen molar-refractivity contribution in [1.29, 1.82) is 0 Å². The average Bonchev–Trinajstić information content (AvgIpc) is 2.89. The fourth-order valence-corrected chi connectivity index (χ4v) is 4.79. The number of hydrogen-bond donors (Lipinski definition) is 1. The van der Waals surface area contributed by atoms with Crippen LogP contribution in [0, 0.1) is 11.8 Å². The molecule has 1 N–H and O–H groups in total. The van der Waals surface area contributed by atoms with Crippen molar-refractivity contribution in [2.24, 2.45) is 11.8 Å². The normalized spacial score (nSPS) is 42.3. The van der Waals surface area contributed by atoms with Gasteiger partial charge in [0.15, 0.2) is 0 Å². The van der Waals surface area contributed by atoms with Crippen LogP contribution < -0.4 is 5.32 Å². The molecule has 4 unspecified atom stereocenters. The van der Waals surface area contributed by atoms with E-state index in [-0.39, 0.29) is 11.7 Å². The monoisotopic (exact) mass is 264 g/mol. The molecule has 1 amide bonds. The Morgan fingerprint density at radius 2 is 1.84 bits per heavy atom. The maximum atomic E-state index is 12.9. The molecule has 1 spiro atoms. The summed E-state index contributed by atoms with van der Waals surface area (Å²) in [5.74, 6) is 1.88. The van der Waals surface area contributed by atoms with Crippen LogP contribution in [0.15, 0.2) is 0 Å². The summed E-state index contributed by atoms with van der Waals surface area (Å²) in [5.41, 5.74) is -0.192. The topological polar surface area (TPSA) is 32.3 Å². The third kappa shape index (κ3) is 2.10. The summed E-state index contributed by atoms with van der Waals surface area (Å²) in [6.45, 7) is 6.86. The van der Waals surface area contributed by atoms with Gasteiger partial charge in [-0.2, -0.15) is 0 Å². The summed E-state index contributed by atoms with van der Waals surface area (Å²) in [4.78, 5) is 15.1. The Morgan fingerprint density at radius 3 is 2.47 bits per heavy atom. The molecule has 0 radical (unpaired) electrons. The van der Waals surface area contributed by atoms with E-state index in [0.717, 1.165) is 18.8 Å². The van der Waals surface area contributed by atoms with Crippen molar-refractivity contribution in [2.75, 3.05) is 0 Å². The van der Waals surface area contributed by atoms with Gasteiger partial charge >= 0.3 is 0 Å². The summed E-state index contributed by atoms with van der Waals surface area (Å²) in [7, 11) is 0. The molecule has 19 heavy (non-hydrogen) atoms. The zero-order valence-electron chi connectivity index (χ0n) is 12.6. The van der Waals surface area contributed by atoms with E-state index in [1.165, 1.54) is 32.1 Å².